The first kappa shape index (κ1) is 26.2. The molecule has 4 rings (SSSR count). The first-order valence-electron chi connectivity index (χ1n) is 12.5. The van der Waals surface area contributed by atoms with Gasteiger partial charge in [-0.1, -0.05) is 19.9 Å². The van der Waals surface area contributed by atoms with E-state index in [1.807, 2.05) is 18.2 Å². The summed E-state index contributed by atoms with van der Waals surface area (Å²) in [6.45, 7) is 8.87. The molecule has 9 heteroatoms. The molecule has 1 aliphatic rings. The number of ketones is 1. The van der Waals surface area contributed by atoms with Gasteiger partial charge in [0.05, 0.1) is 31.5 Å². The van der Waals surface area contributed by atoms with Crippen LogP contribution in [0.2, 0.25) is 0 Å². The summed E-state index contributed by atoms with van der Waals surface area (Å²) >= 11 is 0. The number of rotatable bonds is 10. The third-order valence-corrected chi connectivity index (χ3v) is 6.97. The molecule has 0 radical (unpaired) electrons. The van der Waals surface area contributed by atoms with E-state index >= 15 is 0 Å². The SMILES string of the molecule is CCN(CC)CCCN1C(=O)C(=O)C(=C(O)c2c(C)nc3ccccn23)[C@@H]1c1cc(OC)ccc1OC. The van der Waals surface area contributed by atoms with Crippen molar-refractivity contribution in [3.8, 4) is 11.5 Å². The van der Waals surface area contributed by atoms with Crippen LogP contribution in [0.3, 0.4) is 0 Å². The molecule has 2 aromatic heterocycles. The number of Topliss-reactive ketones (excluding diaryl/α,β-unsaturated/α-hetero) is 1. The van der Waals surface area contributed by atoms with E-state index in [1.165, 1.54) is 12.0 Å². The molecular weight excluding hydrogens is 472 g/mol. The molecule has 1 N–H and O–H groups in total. The summed E-state index contributed by atoms with van der Waals surface area (Å²) < 4.78 is 12.8. The highest BCUT2D eigenvalue weighted by Gasteiger charge is 2.47. The van der Waals surface area contributed by atoms with Gasteiger partial charge >= 0.3 is 0 Å². The number of aliphatic hydroxyl groups excluding tert-OH is 1. The number of fused-ring (bicyclic) bond motifs is 1. The van der Waals surface area contributed by atoms with Gasteiger partial charge in [0, 0.05) is 18.3 Å². The van der Waals surface area contributed by atoms with Crippen LogP contribution in [-0.4, -0.2) is 76.4 Å². The molecule has 0 unspecified atom stereocenters. The summed E-state index contributed by atoms with van der Waals surface area (Å²) in [5.74, 6) is -0.615. The minimum Gasteiger partial charge on any atom is -0.505 e. The minimum absolute atomic E-state index is 0.00754. The third kappa shape index (κ3) is 4.79. The fourth-order valence-electron chi connectivity index (χ4n) is 5.02. The summed E-state index contributed by atoms with van der Waals surface area (Å²) in [5, 5.41) is 11.6. The van der Waals surface area contributed by atoms with Crippen LogP contribution in [0.5, 0.6) is 11.5 Å². The predicted molar refractivity (Wildman–Crippen MR) is 141 cm³/mol. The number of methoxy groups -OCH3 is 2. The smallest absolute Gasteiger partial charge is 0.295 e. The molecule has 1 saturated heterocycles. The van der Waals surface area contributed by atoms with E-state index in [2.05, 4.69) is 23.7 Å². The highest BCUT2D eigenvalue weighted by Crippen LogP contribution is 2.44. The topological polar surface area (TPSA) is 96.6 Å². The molecule has 1 atom stereocenters. The molecule has 1 aromatic carbocycles. The number of pyridine rings is 1. The van der Waals surface area contributed by atoms with E-state index in [1.54, 1.807) is 42.8 Å². The number of carbonyl (C=O) groups is 2. The number of carbonyl (C=O) groups excluding carboxylic acids is 2. The Bertz CT molecular complexity index is 1340. The average Bonchev–Trinajstić information content (AvgIpc) is 3.38. The maximum Gasteiger partial charge on any atom is 0.295 e. The molecule has 0 saturated carbocycles. The Kier molecular flexibility index (Phi) is 7.83. The first-order chi connectivity index (χ1) is 17.9. The lowest BCUT2D eigenvalue weighted by molar-refractivity contribution is -0.140. The zero-order valence-corrected chi connectivity index (χ0v) is 22.0. The summed E-state index contributed by atoms with van der Waals surface area (Å²) in [5.41, 5.74) is 2.13. The molecule has 3 aromatic rings. The Hall–Kier alpha value is -3.85. The average molecular weight is 507 g/mol. The van der Waals surface area contributed by atoms with Crippen LogP contribution in [0.15, 0.2) is 48.2 Å². The van der Waals surface area contributed by atoms with Gasteiger partial charge in [-0.15, -0.1) is 0 Å². The Morgan fingerprint density at radius 2 is 1.86 bits per heavy atom. The number of aromatic nitrogens is 2. The Balaban J connectivity index is 1.89. The van der Waals surface area contributed by atoms with Crippen LogP contribution in [0.25, 0.3) is 11.4 Å². The monoisotopic (exact) mass is 506 g/mol. The summed E-state index contributed by atoms with van der Waals surface area (Å²) in [6, 6.07) is 9.88. The fraction of sp³-hybridized carbons (Fsp3) is 0.393. The van der Waals surface area contributed by atoms with E-state index in [4.69, 9.17) is 9.47 Å². The van der Waals surface area contributed by atoms with Crippen LogP contribution in [0, 0.1) is 6.92 Å². The molecule has 196 valence electrons. The van der Waals surface area contributed by atoms with Gasteiger partial charge in [-0.25, -0.2) is 4.98 Å². The molecular formula is C28H34N4O5. The molecule has 1 aliphatic heterocycles. The Labute approximate surface area is 216 Å². The molecule has 37 heavy (non-hydrogen) atoms. The second-order valence-electron chi connectivity index (χ2n) is 8.96. The van der Waals surface area contributed by atoms with E-state index in [9.17, 15) is 14.7 Å². The maximum atomic E-state index is 13.5. The molecule has 0 bridgehead atoms. The van der Waals surface area contributed by atoms with Crippen molar-refractivity contribution in [3.05, 3.63) is 65.1 Å². The van der Waals surface area contributed by atoms with Crippen molar-refractivity contribution in [2.45, 2.75) is 33.2 Å². The van der Waals surface area contributed by atoms with E-state index < -0.39 is 17.7 Å². The van der Waals surface area contributed by atoms with Gasteiger partial charge in [0.1, 0.15) is 22.8 Å². The van der Waals surface area contributed by atoms with Gasteiger partial charge < -0.3 is 24.4 Å². The second kappa shape index (κ2) is 11.0. The number of aryl methyl sites for hydroxylation is 1. The molecule has 9 nitrogen and oxygen atoms in total. The highest BCUT2D eigenvalue weighted by atomic mass is 16.5. The van der Waals surface area contributed by atoms with Gasteiger partial charge in [0.15, 0.2) is 5.76 Å². The number of nitrogens with zero attached hydrogens (tertiary/aromatic N) is 4. The van der Waals surface area contributed by atoms with E-state index in [0.29, 0.717) is 47.1 Å². The van der Waals surface area contributed by atoms with Crippen molar-refractivity contribution in [1.82, 2.24) is 19.2 Å². The van der Waals surface area contributed by atoms with E-state index in [-0.39, 0.29) is 11.3 Å². The van der Waals surface area contributed by atoms with Crippen molar-refractivity contribution in [1.29, 1.82) is 0 Å². The van der Waals surface area contributed by atoms with Crippen molar-refractivity contribution >= 4 is 23.1 Å². The van der Waals surface area contributed by atoms with Crippen molar-refractivity contribution in [3.63, 3.8) is 0 Å². The van der Waals surface area contributed by atoms with Crippen molar-refractivity contribution < 1.29 is 24.2 Å². The van der Waals surface area contributed by atoms with Gasteiger partial charge in [-0.05, 0) is 63.3 Å². The predicted octanol–water partition coefficient (Wildman–Crippen LogP) is 3.81. The zero-order chi connectivity index (χ0) is 26.7. The van der Waals surface area contributed by atoms with Crippen LogP contribution in [0.4, 0.5) is 0 Å². The fourth-order valence-corrected chi connectivity index (χ4v) is 5.02. The van der Waals surface area contributed by atoms with Crippen LogP contribution in [0.1, 0.15) is 43.3 Å². The van der Waals surface area contributed by atoms with Crippen LogP contribution >= 0.6 is 0 Å². The molecule has 1 fully saturated rings. The number of ether oxygens (including phenoxy) is 2. The molecule has 0 aliphatic carbocycles. The third-order valence-electron chi connectivity index (χ3n) is 6.97. The number of amides is 1. The largest absolute Gasteiger partial charge is 0.505 e. The lowest BCUT2D eigenvalue weighted by atomic mass is 9.95. The molecule has 3 heterocycles. The normalized spacial score (nSPS) is 17.2. The van der Waals surface area contributed by atoms with Crippen LogP contribution < -0.4 is 9.47 Å². The lowest BCUT2D eigenvalue weighted by Gasteiger charge is -2.28. The number of hydrogen-bond acceptors (Lipinski definition) is 7. The lowest BCUT2D eigenvalue weighted by Crippen LogP contribution is -2.33. The summed E-state index contributed by atoms with van der Waals surface area (Å²) in [7, 11) is 3.08. The number of hydrogen-bond donors (Lipinski definition) is 1. The highest BCUT2D eigenvalue weighted by molar-refractivity contribution is 6.46. The van der Waals surface area contributed by atoms with Gasteiger partial charge in [0.25, 0.3) is 11.7 Å². The molecule has 0 spiro atoms. The number of likely N-dealkylation sites (tertiary alicyclic amines) is 1. The maximum absolute atomic E-state index is 13.5. The molecule has 1 amide bonds. The van der Waals surface area contributed by atoms with Crippen molar-refractivity contribution in [2.75, 3.05) is 40.4 Å². The Morgan fingerprint density at radius 1 is 1.11 bits per heavy atom. The van der Waals surface area contributed by atoms with Gasteiger partial charge in [-0.2, -0.15) is 0 Å². The number of imidazole rings is 1. The van der Waals surface area contributed by atoms with Crippen LogP contribution in [-0.2, 0) is 9.59 Å². The standard InChI is InChI=1S/C28H34N4O5/c1-6-30(7-2)14-10-16-32-25(20-17-19(36-4)12-13-21(20)37-5)23(27(34)28(32)35)26(33)24-18(3)29-22-11-8-9-15-31(22)24/h8-9,11-13,15,17,25,33H,6-7,10,14,16H2,1-5H3/t25-/m0/s1. The first-order valence-corrected chi connectivity index (χ1v) is 12.5. The Morgan fingerprint density at radius 3 is 2.54 bits per heavy atom. The minimum atomic E-state index is -0.851. The quantitative estimate of drug-likeness (QED) is 0.254. The zero-order valence-electron chi connectivity index (χ0n) is 22.0. The number of benzene rings is 1. The summed E-state index contributed by atoms with van der Waals surface area (Å²) in [6.07, 6.45) is 2.44. The van der Waals surface area contributed by atoms with Gasteiger partial charge in [0.2, 0.25) is 0 Å². The number of aliphatic hydroxyl groups is 1. The van der Waals surface area contributed by atoms with Crippen molar-refractivity contribution in [2.24, 2.45) is 0 Å². The van der Waals surface area contributed by atoms with E-state index in [0.717, 1.165) is 19.6 Å². The van der Waals surface area contributed by atoms with Gasteiger partial charge in [-0.3, -0.25) is 14.0 Å². The summed E-state index contributed by atoms with van der Waals surface area (Å²) in [4.78, 5) is 35.3. The second-order valence-corrected chi connectivity index (χ2v) is 8.96.